The summed E-state index contributed by atoms with van der Waals surface area (Å²) in [5.41, 5.74) is 3.24. The van der Waals surface area contributed by atoms with E-state index in [1.807, 2.05) is 13.0 Å². The Hall–Kier alpha value is -2.96. The lowest BCUT2D eigenvalue weighted by Gasteiger charge is -2.25. The summed E-state index contributed by atoms with van der Waals surface area (Å²) in [7, 11) is 1.79. The molecule has 1 aliphatic heterocycles. The van der Waals surface area contributed by atoms with Gasteiger partial charge in [-0.2, -0.15) is 10.2 Å². The van der Waals surface area contributed by atoms with Crippen molar-refractivity contribution >= 4 is 11.7 Å². The number of fused-ring (bicyclic) bond motifs is 1. The number of benzene rings is 1. The zero-order valence-electron chi connectivity index (χ0n) is 13.3. The van der Waals surface area contributed by atoms with E-state index >= 15 is 0 Å². The first-order valence-electron chi connectivity index (χ1n) is 7.67. The number of anilines is 1. The molecular weight excluding hydrogens is 309 g/mol. The molecule has 3 aromatic rings. The van der Waals surface area contributed by atoms with Crippen molar-refractivity contribution in [2.45, 2.75) is 19.3 Å². The Bertz CT molecular complexity index is 929. The van der Waals surface area contributed by atoms with Gasteiger partial charge in [-0.1, -0.05) is 0 Å². The lowest BCUT2D eigenvalue weighted by atomic mass is 9.84. The molecule has 7 heteroatoms. The molecule has 6 nitrogen and oxygen atoms in total. The van der Waals surface area contributed by atoms with E-state index in [0.29, 0.717) is 5.82 Å². The van der Waals surface area contributed by atoms with Crippen LogP contribution in [0.1, 0.15) is 29.2 Å². The van der Waals surface area contributed by atoms with Gasteiger partial charge in [0, 0.05) is 37.3 Å². The minimum atomic E-state index is -0.338. The van der Waals surface area contributed by atoms with Crippen molar-refractivity contribution in [1.29, 1.82) is 0 Å². The largest absolute Gasteiger partial charge is 0.311 e. The molecule has 4 rings (SSSR count). The first kappa shape index (κ1) is 14.6. The van der Waals surface area contributed by atoms with Crippen LogP contribution in [0.15, 0.2) is 36.7 Å². The number of carbonyl (C=O) groups is 1. The van der Waals surface area contributed by atoms with Gasteiger partial charge in [0.15, 0.2) is 0 Å². The predicted molar refractivity (Wildman–Crippen MR) is 86.6 cm³/mol. The summed E-state index contributed by atoms with van der Waals surface area (Å²) in [5, 5.41) is 11.5. The molecule has 0 fully saturated rings. The highest BCUT2D eigenvalue weighted by Crippen LogP contribution is 2.41. The Labute approximate surface area is 137 Å². The van der Waals surface area contributed by atoms with E-state index in [-0.39, 0.29) is 24.1 Å². The fraction of sp³-hybridized carbons (Fsp3) is 0.235. The summed E-state index contributed by atoms with van der Waals surface area (Å²) >= 11 is 0. The van der Waals surface area contributed by atoms with Crippen molar-refractivity contribution in [2.24, 2.45) is 7.05 Å². The maximum Gasteiger partial charge on any atom is 0.226 e. The standard InChI is InChI=1S/C17H16FN5O/c1-10-16-13(9-15(24)20-17(16)22(2)21-10)12-8-11(18)4-5-14(12)23-7-3-6-19-23/h3-8,13H,9H2,1-2H3,(H,20,24)/t13-/m0/s1. The van der Waals surface area contributed by atoms with Crippen molar-refractivity contribution in [3.05, 3.63) is 59.3 Å². The fourth-order valence-corrected chi connectivity index (χ4v) is 3.40. The third-order valence-corrected chi connectivity index (χ3v) is 4.38. The number of amides is 1. The molecule has 0 radical (unpaired) electrons. The van der Waals surface area contributed by atoms with Gasteiger partial charge in [0.25, 0.3) is 0 Å². The number of carbonyl (C=O) groups excluding carboxylic acids is 1. The van der Waals surface area contributed by atoms with Crippen LogP contribution in [0.2, 0.25) is 0 Å². The van der Waals surface area contributed by atoms with Crippen LogP contribution in [0.5, 0.6) is 0 Å². The first-order valence-corrected chi connectivity index (χ1v) is 7.67. The third kappa shape index (κ3) is 2.20. The fourth-order valence-electron chi connectivity index (χ4n) is 3.40. The Morgan fingerprint density at radius 3 is 2.96 bits per heavy atom. The van der Waals surface area contributed by atoms with E-state index < -0.39 is 0 Å². The minimum Gasteiger partial charge on any atom is -0.311 e. The summed E-state index contributed by atoms with van der Waals surface area (Å²) in [4.78, 5) is 12.2. The van der Waals surface area contributed by atoms with Crippen LogP contribution in [-0.2, 0) is 11.8 Å². The smallest absolute Gasteiger partial charge is 0.226 e. The molecule has 1 aromatic carbocycles. The molecule has 1 N–H and O–H groups in total. The average molecular weight is 325 g/mol. The Morgan fingerprint density at radius 1 is 1.38 bits per heavy atom. The van der Waals surface area contributed by atoms with Gasteiger partial charge in [-0.3, -0.25) is 9.48 Å². The highest BCUT2D eigenvalue weighted by molar-refractivity contribution is 5.94. The Balaban J connectivity index is 1.94. The van der Waals surface area contributed by atoms with Crippen molar-refractivity contribution in [3.8, 4) is 5.69 Å². The molecule has 0 aliphatic carbocycles. The van der Waals surface area contributed by atoms with Crippen molar-refractivity contribution in [2.75, 3.05) is 5.32 Å². The van der Waals surface area contributed by atoms with E-state index in [4.69, 9.17) is 0 Å². The topological polar surface area (TPSA) is 64.7 Å². The molecule has 0 saturated heterocycles. The molecule has 122 valence electrons. The van der Waals surface area contributed by atoms with Crippen LogP contribution >= 0.6 is 0 Å². The summed E-state index contributed by atoms with van der Waals surface area (Å²) in [6, 6.07) is 6.38. The molecule has 1 atom stereocenters. The SMILES string of the molecule is Cc1nn(C)c2c1[C@H](c1cc(F)ccc1-n1cccn1)CC(=O)N2. The number of nitrogens with one attached hydrogen (secondary N) is 1. The normalized spacial score (nSPS) is 16.8. The van der Waals surface area contributed by atoms with Crippen LogP contribution in [0.3, 0.4) is 0 Å². The second-order valence-corrected chi connectivity index (χ2v) is 5.93. The summed E-state index contributed by atoms with van der Waals surface area (Å²) in [6.45, 7) is 1.90. The maximum absolute atomic E-state index is 14.0. The molecule has 2 aromatic heterocycles. The second kappa shape index (κ2) is 5.30. The number of aromatic nitrogens is 4. The molecular formula is C17H16FN5O. The Kier molecular flexibility index (Phi) is 3.23. The van der Waals surface area contributed by atoms with Crippen LogP contribution in [-0.4, -0.2) is 25.5 Å². The van der Waals surface area contributed by atoms with Crippen molar-refractivity contribution < 1.29 is 9.18 Å². The van der Waals surface area contributed by atoms with Gasteiger partial charge in [0.05, 0.1) is 11.4 Å². The zero-order valence-corrected chi connectivity index (χ0v) is 13.3. The number of hydrogen-bond acceptors (Lipinski definition) is 3. The average Bonchev–Trinajstić information content (AvgIpc) is 3.16. The van der Waals surface area contributed by atoms with Gasteiger partial charge < -0.3 is 5.32 Å². The monoisotopic (exact) mass is 325 g/mol. The lowest BCUT2D eigenvalue weighted by Crippen LogP contribution is -2.25. The highest BCUT2D eigenvalue weighted by Gasteiger charge is 2.33. The zero-order chi connectivity index (χ0) is 16.8. The number of rotatable bonds is 2. The van der Waals surface area contributed by atoms with Gasteiger partial charge in [-0.25, -0.2) is 9.07 Å². The van der Waals surface area contributed by atoms with E-state index in [2.05, 4.69) is 15.5 Å². The van der Waals surface area contributed by atoms with Gasteiger partial charge >= 0.3 is 0 Å². The molecule has 1 aliphatic rings. The van der Waals surface area contributed by atoms with E-state index in [1.165, 1.54) is 12.1 Å². The van der Waals surface area contributed by atoms with Crippen LogP contribution < -0.4 is 5.32 Å². The quantitative estimate of drug-likeness (QED) is 0.787. The van der Waals surface area contributed by atoms with E-state index in [0.717, 1.165) is 22.5 Å². The van der Waals surface area contributed by atoms with E-state index in [1.54, 1.807) is 34.9 Å². The molecule has 24 heavy (non-hydrogen) atoms. The van der Waals surface area contributed by atoms with Gasteiger partial charge in [0.2, 0.25) is 5.91 Å². The first-order chi connectivity index (χ1) is 11.5. The highest BCUT2D eigenvalue weighted by atomic mass is 19.1. The molecule has 0 bridgehead atoms. The molecule has 0 saturated carbocycles. The van der Waals surface area contributed by atoms with Crippen LogP contribution in [0, 0.1) is 12.7 Å². The van der Waals surface area contributed by atoms with E-state index in [9.17, 15) is 9.18 Å². The maximum atomic E-state index is 14.0. The number of hydrogen-bond donors (Lipinski definition) is 1. The second-order valence-electron chi connectivity index (χ2n) is 5.93. The summed E-state index contributed by atoms with van der Waals surface area (Å²) in [6.07, 6.45) is 3.72. The molecule has 3 heterocycles. The van der Waals surface area contributed by atoms with Crippen molar-refractivity contribution in [1.82, 2.24) is 19.6 Å². The lowest BCUT2D eigenvalue weighted by molar-refractivity contribution is -0.116. The molecule has 0 spiro atoms. The number of halogens is 1. The van der Waals surface area contributed by atoms with Crippen LogP contribution in [0.4, 0.5) is 10.2 Å². The Morgan fingerprint density at radius 2 is 2.21 bits per heavy atom. The van der Waals surface area contributed by atoms with Gasteiger partial charge in [-0.15, -0.1) is 0 Å². The predicted octanol–water partition coefficient (Wildman–Crippen LogP) is 2.53. The minimum absolute atomic E-state index is 0.105. The molecule has 0 unspecified atom stereocenters. The molecule has 1 amide bonds. The summed E-state index contributed by atoms with van der Waals surface area (Å²) in [5.74, 6) is -0.0389. The van der Waals surface area contributed by atoms with Crippen molar-refractivity contribution in [3.63, 3.8) is 0 Å². The number of nitrogens with zero attached hydrogens (tertiary/aromatic N) is 4. The van der Waals surface area contributed by atoms with Crippen LogP contribution in [0.25, 0.3) is 5.69 Å². The number of aryl methyl sites for hydroxylation is 2. The third-order valence-electron chi connectivity index (χ3n) is 4.38. The summed E-state index contributed by atoms with van der Waals surface area (Å²) < 4.78 is 17.3. The van der Waals surface area contributed by atoms with Gasteiger partial charge in [0.1, 0.15) is 11.6 Å². The van der Waals surface area contributed by atoms with Gasteiger partial charge in [-0.05, 0) is 36.8 Å².